The van der Waals surface area contributed by atoms with E-state index in [9.17, 15) is 0 Å². The maximum Gasteiger partial charge on any atom is 0.0251 e. The Hall–Kier alpha value is -3.74. The molecule has 0 nitrogen and oxygen atoms in total. The molecule has 0 radical (unpaired) electrons. The summed E-state index contributed by atoms with van der Waals surface area (Å²) >= 11 is 0. The summed E-state index contributed by atoms with van der Waals surface area (Å²) in [6.07, 6.45) is 6.66. The second-order valence-corrected chi connectivity index (χ2v) is 9.19. The standard InChI is InChI=1S/C34H30/c1-3-5-7-9-11-25-13-15-27-19-31-24-34-22-30-18-26(12-10-8-6-4-2)14-16-28(30)20-32(34)23-33(31)21-29(27)17-25/h13-24H,3-8H2,1-2H3. The Morgan fingerprint density at radius 2 is 0.794 bits per heavy atom. The lowest BCUT2D eigenvalue weighted by Gasteiger charge is -2.08. The number of rotatable bonds is 4. The van der Waals surface area contributed by atoms with E-state index in [0.29, 0.717) is 0 Å². The van der Waals surface area contributed by atoms with Gasteiger partial charge in [0.25, 0.3) is 0 Å². The molecule has 0 saturated carbocycles. The van der Waals surface area contributed by atoms with Crippen LogP contribution in [-0.2, 0) is 0 Å². The Kier molecular flexibility index (Phi) is 6.51. The molecule has 166 valence electrons. The third kappa shape index (κ3) is 4.78. The predicted molar refractivity (Wildman–Crippen MR) is 149 cm³/mol. The zero-order chi connectivity index (χ0) is 23.3. The van der Waals surface area contributed by atoms with Crippen LogP contribution < -0.4 is 0 Å². The van der Waals surface area contributed by atoms with Crippen LogP contribution in [0.1, 0.15) is 63.5 Å². The summed E-state index contributed by atoms with van der Waals surface area (Å²) < 4.78 is 0. The molecule has 0 unspecified atom stereocenters. The van der Waals surface area contributed by atoms with Crippen molar-refractivity contribution in [1.29, 1.82) is 0 Å². The van der Waals surface area contributed by atoms with Gasteiger partial charge in [0.2, 0.25) is 0 Å². The van der Waals surface area contributed by atoms with Gasteiger partial charge < -0.3 is 0 Å². The fourth-order valence-corrected chi connectivity index (χ4v) is 4.52. The van der Waals surface area contributed by atoms with Crippen molar-refractivity contribution in [2.24, 2.45) is 0 Å². The third-order valence-corrected chi connectivity index (χ3v) is 6.48. The lowest BCUT2D eigenvalue weighted by atomic mass is 9.96. The van der Waals surface area contributed by atoms with E-state index in [1.807, 2.05) is 0 Å². The first-order chi connectivity index (χ1) is 16.7. The first kappa shape index (κ1) is 22.1. The molecule has 0 aliphatic rings. The van der Waals surface area contributed by atoms with E-state index < -0.39 is 0 Å². The predicted octanol–water partition coefficient (Wildman–Crippen LogP) is 9.38. The molecule has 0 heterocycles. The van der Waals surface area contributed by atoms with Gasteiger partial charge in [-0.05, 0) is 117 Å². The van der Waals surface area contributed by atoms with Gasteiger partial charge in [-0.25, -0.2) is 0 Å². The van der Waals surface area contributed by atoms with E-state index in [0.717, 1.165) is 24.0 Å². The minimum absolute atomic E-state index is 0.971. The van der Waals surface area contributed by atoms with Gasteiger partial charge in [0.05, 0.1) is 0 Å². The summed E-state index contributed by atoms with van der Waals surface area (Å²) in [5, 5.41) is 10.1. The highest BCUT2D eigenvalue weighted by Crippen LogP contribution is 2.30. The van der Waals surface area contributed by atoms with Gasteiger partial charge in [0.15, 0.2) is 0 Å². The third-order valence-electron chi connectivity index (χ3n) is 6.48. The quantitative estimate of drug-likeness (QED) is 0.149. The van der Waals surface area contributed by atoms with Crippen LogP contribution in [0.2, 0.25) is 0 Å². The highest BCUT2D eigenvalue weighted by Gasteiger charge is 2.04. The monoisotopic (exact) mass is 438 g/mol. The summed E-state index contributed by atoms with van der Waals surface area (Å²) in [6.45, 7) is 4.41. The Bertz CT molecular complexity index is 1500. The molecule has 0 aromatic heterocycles. The van der Waals surface area contributed by atoms with Gasteiger partial charge in [-0.15, -0.1) is 0 Å². The van der Waals surface area contributed by atoms with Crippen LogP contribution in [0.4, 0.5) is 0 Å². The second kappa shape index (κ2) is 10.0. The average Bonchev–Trinajstić information content (AvgIpc) is 2.85. The van der Waals surface area contributed by atoms with Crippen molar-refractivity contribution in [3.63, 3.8) is 0 Å². The molecule has 0 saturated heterocycles. The molecule has 0 heteroatoms. The van der Waals surface area contributed by atoms with E-state index in [-0.39, 0.29) is 0 Å². The summed E-state index contributed by atoms with van der Waals surface area (Å²) in [5.74, 6) is 13.3. The van der Waals surface area contributed by atoms with Crippen LogP contribution in [0.3, 0.4) is 0 Å². The molecular weight excluding hydrogens is 408 g/mol. The summed E-state index contributed by atoms with van der Waals surface area (Å²) in [7, 11) is 0. The van der Waals surface area contributed by atoms with E-state index >= 15 is 0 Å². The van der Waals surface area contributed by atoms with E-state index in [4.69, 9.17) is 0 Å². The lowest BCUT2D eigenvalue weighted by Crippen LogP contribution is -1.83. The van der Waals surface area contributed by atoms with Gasteiger partial charge in [0.1, 0.15) is 0 Å². The van der Waals surface area contributed by atoms with E-state index in [1.54, 1.807) is 0 Å². The molecule has 0 aliphatic carbocycles. The van der Waals surface area contributed by atoms with Gasteiger partial charge in [0, 0.05) is 24.0 Å². The fraction of sp³-hybridized carbons (Fsp3) is 0.235. The Balaban J connectivity index is 1.54. The first-order valence-corrected chi connectivity index (χ1v) is 12.6. The maximum atomic E-state index is 3.33. The molecular formula is C34H30. The smallest absolute Gasteiger partial charge is 0.0251 e. The van der Waals surface area contributed by atoms with E-state index in [1.165, 1.54) is 68.8 Å². The molecule has 0 spiro atoms. The van der Waals surface area contributed by atoms with Gasteiger partial charge in [-0.1, -0.05) is 62.5 Å². The van der Waals surface area contributed by atoms with E-state index in [2.05, 4.69) is 110 Å². The summed E-state index contributed by atoms with van der Waals surface area (Å²) in [6, 6.07) is 27.0. The van der Waals surface area contributed by atoms with Crippen LogP contribution in [0.15, 0.2) is 72.8 Å². The summed E-state index contributed by atoms with van der Waals surface area (Å²) in [4.78, 5) is 0. The SMILES string of the molecule is CCCCC#Cc1ccc2cc3cc4cc5cc(C#CCCCC)ccc5cc4cc3cc2c1. The van der Waals surface area contributed by atoms with Gasteiger partial charge in [-0.2, -0.15) is 0 Å². The van der Waals surface area contributed by atoms with Gasteiger partial charge >= 0.3 is 0 Å². The van der Waals surface area contributed by atoms with Crippen LogP contribution in [0.25, 0.3) is 43.1 Å². The van der Waals surface area contributed by atoms with Crippen molar-refractivity contribution < 1.29 is 0 Å². The number of fused-ring (bicyclic) bond motifs is 4. The topological polar surface area (TPSA) is 0 Å². The molecule has 0 bridgehead atoms. The largest absolute Gasteiger partial charge is 0.0979 e. The Morgan fingerprint density at radius 1 is 0.441 bits per heavy atom. The number of unbranched alkanes of at least 4 members (excludes halogenated alkanes) is 4. The molecule has 0 fully saturated rings. The van der Waals surface area contributed by atoms with Crippen molar-refractivity contribution >= 4 is 43.1 Å². The minimum Gasteiger partial charge on any atom is -0.0979 e. The van der Waals surface area contributed by atoms with Crippen molar-refractivity contribution in [3.05, 3.63) is 83.9 Å². The molecule has 0 atom stereocenters. The molecule has 0 amide bonds. The number of hydrogen-bond acceptors (Lipinski definition) is 0. The maximum absolute atomic E-state index is 3.33. The van der Waals surface area contributed by atoms with Crippen LogP contribution in [0, 0.1) is 23.7 Å². The molecule has 34 heavy (non-hydrogen) atoms. The number of hydrogen-bond donors (Lipinski definition) is 0. The fourth-order valence-electron chi connectivity index (χ4n) is 4.52. The molecule has 5 rings (SSSR count). The Morgan fingerprint density at radius 3 is 1.18 bits per heavy atom. The Labute approximate surface area is 203 Å². The first-order valence-electron chi connectivity index (χ1n) is 12.6. The molecule has 0 aliphatic heterocycles. The average molecular weight is 439 g/mol. The van der Waals surface area contributed by atoms with Crippen LogP contribution in [-0.4, -0.2) is 0 Å². The van der Waals surface area contributed by atoms with Crippen molar-refractivity contribution in [1.82, 2.24) is 0 Å². The molecule has 5 aromatic carbocycles. The van der Waals surface area contributed by atoms with Crippen molar-refractivity contribution in [3.8, 4) is 23.7 Å². The van der Waals surface area contributed by atoms with Crippen LogP contribution in [0.5, 0.6) is 0 Å². The highest BCUT2D eigenvalue weighted by molar-refractivity contribution is 6.08. The molecule has 0 N–H and O–H groups in total. The zero-order valence-corrected chi connectivity index (χ0v) is 20.2. The number of benzene rings is 5. The van der Waals surface area contributed by atoms with Crippen LogP contribution >= 0.6 is 0 Å². The van der Waals surface area contributed by atoms with Crippen molar-refractivity contribution in [2.45, 2.75) is 52.4 Å². The normalized spacial score (nSPS) is 10.9. The second-order valence-electron chi connectivity index (χ2n) is 9.19. The summed E-state index contributed by atoms with van der Waals surface area (Å²) in [5.41, 5.74) is 2.20. The minimum atomic E-state index is 0.971. The zero-order valence-electron chi connectivity index (χ0n) is 20.2. The highest BCUT2D eigenvalue weighted by atomic mass is 14.1. The molecule has 5 aromatic rings. The van der Waals surface area contributed by atoms with Gasteiger partial charge in [-0.3, -0.25) is 0 Å². The van der Waals surface area contributed by atoms with Crippen molar-refractivity contribution in [2.75, 3.05) is 0 Å². The lowest BCUT2D eigenvalue weighted by molar-refractivity contribution is 0.828.